The molecule has 1 aliphatic rings. The van der Waals surface area contributed by atoms with E-state index in [1.54, 1.807) is 12.1 Å². The van der Waals surface area contributed by atoms with Crippen LogP contribution in [0.15, 0.2) is 41.6 Å². The number of nitrogens with zero attached hydrogens (tertiary/aromatic N) is 2. The van der Waals surface area contributed by atoms with E-state index >= 15 is 0 Å². The number of benzene rings is 1. The third kappa shape index (κ3) is 3.48. The second kappa shape index (κ2) is 6.84. The molecule has 27 heavy (non-hydrogen) atoms. The molecule has 1 aromatic heterocycles. The lowest BCUT2D eigenvalue weighted by atomic mass is 10.1. The average molecular weight is 399 g/mol. The minimum atomic E-state index is -5.75. The van der Waals surface area contributed by atoms with Crippen LogP contribution in [0.4, 0.5) is 24.5 Å². The van der Waals surface area contributed by atoms with Crippen LogP contribution in [0.2, 0.25) is 0 Å². The van der Waals surface area contributed by atoms with Gasteiger partial charge in [-0.2, -0.15) is 13.2 Å². The van der Waals surface area contributed by atoms with E-state index < -0.39 is 31.8 Å². The van der Waals surface area contributed by atoms with Crippen LogP contribution < -0.4 is 10.2 Å². The second-order valence-electron chi connectivity index (χ2n) is 5.93. The Morgan fingerprint density at radius 3 is 2.70 bits per heavy atom. The number of alkyl halides is 3. The Morgan fingerprint density at radius 1 is 1.30 bits per heavy atom. The molecule has 0 unspecified atom stereocenters. The number of nitrogens with one attached hydrogen (secondary N) is 1. The lowest BCUT2D eigenvalue weighted by Crippen LogP contribution is -2.27. The molecular weight excluding hydrogens is 383 g/mol. The Morgan fingerprint density at radius 2 is 2.04 bits per heavy atom. The number of likely N-dealkylation sites (N-methyl/N-ethyl adjacent to an activating group) is 1. The molecule has 1 amide bonds. The van der Waals surface area contributed by atoms with Crippen LogP contribution in [0.1, 0.15) is 22.8 Å². The normalized spacial score (nSPS) is 14.1. The molecule has 144 valence electrons. The fraction of sp³-hybridized carbons (Fsp3) is 0.294. The molecule has 2 heterocycles. The van der Waals surface area contributed by atoms with Crippen molar-refractivity contribution in [2.45, 2.75) is 23.9 Å². The maximum atomic E-state index is 12.9. The summed E-state index contributed by atoms with van der Waals surface area (Å²) >= 11 is 0. The van der Waals surface area contributed by atoms with Crippen molar-refractivity contribution in [3.05, 3.63) is 47.7 Å². The maximum absolute atomic E-state index is 12.9. The zero-order valence-corrected chi connectivity index (χ0v) is 15.1. The van der Waals surface area contributed by atoms with E-state index in [4.69, 9.17) is 0 Å². The molecular formula is C17H16F3N3O3S. The molecule has 10 heteroatoms. The van der Waals surface area contributed by atoms with Crippen LogP contribution in [-0.4, -0.2) is 37.9 Å². The summed E-state index contributed by atoms with van der Waals surface area (Å²) in [4.78, 5) is 17.9. The van der Waals surface area contributed by atoms with Gasteiger partial charge in [0.2, 0.25) is 0 Å². The van der Waals surface area contributed by atoms with Gasteiger partial charge in [0.15, 0.2) is 5.03 Å². The minimum absolute atomic E-state index is 0.360. The van der Waals surface area contributed by atoms with Crippen molar-refractivity contribution in [1.29, 1.82) is 0 Å². The van der Waals surface area contributed by atoms with Crippen LogP contribution in [0.3, 0.4) is 0 Å². The summed E-state index contributed by atoms with van der Waals surface area (Å²) in [7, 11) is -5.75. The molecule has 1 N–H and O–H groups in total. The van der Waals surface area contributed by atoms with Crippen molar-refractivity contribution in [2.24, 2.45) is 0 Å². The van der Waals surface area contributed by atoms with E-state index in [0.29, 0.717) is 5.69 Å². The number of hydrogen-bond donors (Lipinski definition) is 1. The summed E-state index contributed by atoms with van der Waals surface area (Å²) in [5.74, 6) is -0.980. The van der Waals surface area contributed by atoms with E-state index in [0.717, 1.165) is 43.0 Å². The number of pyridine rings is 1. The Bertz CT molecular complexity index is 990. The zero-order valence-electron chi connectivity index (χ0n) is 14.2. The number of fused-ring (bicyclic) bond motifs is 1. The largest absolute Gasteiger partial charge is 0.503 e. The Hall–Kier alpha value is -2.62. The van der Waals surface area contributed by atoms with Gasteiger partial charge >= 0.3 is 5.51 Å². The first kappa shape index (κ1) is 19.2. The van der Waals surface area contributed by atoms with Crippen LogP contribution >= 0.6 is 0 Å². The molecule has 0 saturated carbocycles. The molecule has 0 spiro atoms. The Labute approximate surface area is 153 Å². The predicted octanol–water partition coefficient (Wildman–Crippen LogP) is 3.01. The standard InChI is InChI=1S/C17H16F3N3O3S/c1-2-23-9-7-11-5-6-12(10-14(11)23)22-15(24)13-4-3-8-21-16(13)27(25,26)17(18,19)20/h3-6,8,10H,2,7,9H2,1H3,(H,22,24). The van der Waals surface area contributed by atoms with E-state index in [9.17, 15) is 26.4 Å². The van der Waals surface area contributed by atoms with Crippen LogP contribution in [0.25, 0.3) is 0 Å². The van der Waals surface area contributed by atoms with E-state index in [2.05, 4.69) is 15.2 Å². The van der Waals surface area contributed by atoms with Crippen molar-refractivity contribution < 1.29 is 26.4 Å². The monoisotopic (exact) mass is 399 g/mol. The number of sulfone groups is 1. The predicted molar refractivity (Wildman–Crippen MR) is 93.5 cm³/mol. The first-order valence-electron chi connectivity index (χ1n) is 8.10. The first-order valence-corrected chi connectivity index (χ1v) is 9.59. The van der Waals surface area contributed by atoms with Crippen molar-refractivity contribution in [2.75, 3.05) is 23.3 Å². The highest BCUT2D eigenvalue weighted by Gasteiger charge is 2.49. The van der Waals surface area contributed by atoms with Gasteiger partial charge in [-0.05, 0) is 43.2 Å². The average Bonchev–Trinajstić information content (AvgIpc) is 3.03. The third-order valence-electron chi connectivity index (χ3n) is 4.29. The molecule has 2 aromatic rings. The van der Waals surface area contributed by atoms with Gasteiger partial charge in [0.25, 0.3) is 15.7 Å². The lowest BCUT2D eigenvalue weighted by Gasteiger charge is -2.17. The molecule has 0 fully saturated rings. The van der Waals surface area contributed by atoms with Crippen LogP contribution in [0, 0.1) is 0 Å². The molecule has 3 rings (SSSR count). The quantitative estimate of drug-likeness (QED) is 0.855. The summed E-state index contributed by atoms with van der Waals surface area (Å²) in [6.45, 7) is 3.62. The Balaban J connectivity index is 1.93. The van der Waals surface area contributed by atoms with E-state index in [-0.39, 0.29) is 0 Å². The summed E-state index contributed by atoms with van der Waals surface area (Å²) in [5, 5.41) is 1.15. The number of amides is 1. The van der Waals surface area contributed by atoms with Crippen molar-refractivity contribution in [1.82, 2.24) is 4.98 Å². The van der Waals surface area contributed by atoms with Gasteiger partial charge in [-0.1, -0.05) is 6.07 Å². The molecule has 0 radical (unpaired) electrons. The molecule has 1 aromatic carbocycles. The summed E-state index contributed by atoms with van der Waals surface area (Å²) in [6, 6.07) is 7.37. The maximum Gasteiger partial charge on any atom is 0.503 e. The zero-order chi connectivity index (χ0) is 19.8. The highest BCUT2D eigenvalue weighted by molar-refractivity contribution is 7.92. The Kier molecular flexibility index (Phi) is 4.85. The summed E-state index contributed by atoms with van der Waals surface area (Å²) in [5.41, 5.74) is -3.81. The molecule has 0 aliphatic carbocycles. The van der Waals surface area contributed by atoms with E-state index in [1.165, 1.54) is 6.07 Å². The number of carbonyl (C=O) groups excluding carboxylic acids is 1. The van der Waals surface area contributed by atoms with Gasteiger partial charge in [0.05, 0.1) is 5.56 Å². The second-order valence-corrected chi connectivity index (χ2v) is 7.79. The molecule has 0 atom stereocenters. The highest BCUT2D eigenvalue weighted by atomic mass is 32.2. The van der Waals surface area contributed by atoms with Gasteiger partial charge in [0, 0.05) is 30.7 Å². The first-order chi connectivity index (χ1) is 12.6. The number of halogens is 3. The van der Waals surface area contributed by atoms with Crippen molar-refractivity contribution >= 4 is 27.1 Å². The number of rotatable bonds is 4. The van der Waals surface area contributed by atoms with Gasteiger partial charge in [-0.15, -0.1) is 0 Å². The van der Waals surface area contributed by atoms with Crippen LogP contribution in [-0.2, 0) is 16.3 Å². The SMILES string of the molecule is CCN1CCc2ccc(NC(=O)c3cccnc3S(=O)(=O)C(F)(F)F)cc21. The number of hydrogen-bond acceptors (Lipinski definition) is 5. The lowest BCUT2D eigenvalue weighted by molar-refractivity contribution is -0.0438. The van der Waals surface area contributed by atoms with Gasteiger partial charge < -0.3 is 10.2 Å². The highest BCUT2D eigenvalue weighted by Crippen LogP contribution is 2.32. The van der Waals surface area contributed by atoms with E-state index in [1.807, 2.05) is 13.0 Å². The molecule has 6 nitrogen and oxygen atoms in total. The summed E-state index contributed by atoms with van der Waals surface area (Å²) in [6.07, 6.45) is 1.76. The van der Waals surface area contributed by atoms with Gasteiger partial charge in [-0.25, -0.2) is 13.4 Å². The topological polar surface area (TPSA) is 79.4 Å². The van der Waals surface area contributed by atoms with Gasteiger partial charge in [-0.3, -0.25) is 4.79 Å². The van der Waals surface area contributed by atoms with Crippen LogP contribution in [0.5, 0.6) is 0 Å². The molecule has 1 aliphatic heterocycles. The van der Waals surface area contributed by atoms with Crippen molar-refractivity contribution in [3.63, 3.8) is 0 Å². The number of aromatic nitrogens is 1. The fourth-order valence-electron chi connectivity index (χ4n) is 2.94. The molecule has 0 saturated heterocycles. The number of anilines is 2. The van der Waals surface area contributed by atoms with Gasteiger partial charge in [0.1, 0.15) is 0 Å². The van der Waals surface area contributed by atoms with Crippen molar-refractivity contribution in [3.8, 4) is 0 Å². The molecule has 0 bridgehead atoms. The number of carbonyl (C=O) groups is 1. The fourth-order valence-corrected chi connectivity index (χ4v) is 3.81. The minimum Gasteiger partial charge on any atom is -0.371 e. The third-order valence-corrected chi connectivity index (χ3v) is 5.74. The smallest absolute Gasteiger partial charge is 0.371 e. The summed E-state index contributed by atoms with van der Waals surface area (Å²) < 4.78 is 62.0.